The van der Waals surface area contributed by atoms with Crippen LogP contribution in [0.25, 0.3) is 5.69 Å². The largest absolute Gasteiger partial charge is 0.347 e. The minimum Gasteiger partial charge on any atom is -0.347 e. The van der Waals surface area contributed by atoms with Gasteiger partial charge in [0.15, 0.2) is 0 Å². The Morgan fingerprint density at radius 1 is 1.04 bits per heavy atom. The summed E-state index contributed by atoms with van der Waals surface area (Å²) in [7, 11) is 0. The Labute approximate surface area is 140 Å². The molecule has 0 atom stereocenters. The van der Waals surface area contributed by atoms with Gasteiger partial charge in [-0.3, -0.25) is 4.79 Å². The molecule has 2 aromatic carbocycles. The van der Waals surface area contributed by atoms with E-state index in [-0.39, 0.29) is 11.7 Å². The van der Waals surface area contributed by atoms with Crippen LogP contribution in [-0.2, 0) is 6.42 Å². The lowest BCUT2D eigenvalue weighted by atomic mass is 10.1. The van der Waals surface area contributed by atoms with E-state index in [0.29, 0.717) is 12.5 Å². The SMILES string of the molecule is O=C(NC1CC1)c1nc(Cc2ccccc2)n(-c2ccccc2)n1. The van der Waals surface area contributed by atoms with E-state index in [4.69, 9.17) is 0 Å². The van der Waals surface area contributed by atoms with Crippen molar-refractivity contribution in [2.45, 2.75) is 25.3 Å². The van der Waals surface area contributed by atoms with Crippen molar-refractivity contribution in [3.63, 3.8) is 0 Å². The molecule has 1 saturated carbocycles. The number of hydrogen-bond acceptors (Lipinski definition) is 3. The Morgan fingerprint density at radius 2 is 1.71 bits per heavy atom. The maximum absolute atomic E-state index is 12.3. The van der Waals surface area contributed by atoms with Gasteiger partial charge in [0.05, 0.1) is 5.69 Å². The number of amides is 1. The molecule has 4 rings (SSSR count). The van der Waals surface area contributed by atoms with E-state index in [9.17, 15) is 4.79 Å². The first-order valence-corrected chi connectivity index (χ1v) is 8.16. The van der Waals surface area contributed by atoms with Crippen molar-refractivity contribution in [2.75, 3.05) is 0 Å². The van der Waals surface area contributed by atoms with Gasteiger partial charge in [-0.15, -0.1) is 5.10 Å². The standard InChI is InChI=1S/C19H18N4O/c24-19(20-15-11-12-15)18-21-17(13-14-7-3-1-4-8-14)23(22-18)16-9-5-2-6-10-16/h1-10,15H,11-13H2,(H,20,24). The van der Waals surface area contributed by atoms with Gasteiger partial charge in [-0.1, -0.05) is 48.5 Å². The van der Waals surface area contributed by atoms with Gasteiger partial charge in [-0.05, 0) is 30.5 Å². The van der Waals surface area contributed by atoms with Gasteiger partial charge in [0, 0.05) is 12.5 Å². The molecule has 24 heavy (non-hydrogen) atoms. The summed E-state index contributed by atoms with van der Waals surface area (Å²) in [4.78, 5) is 16.8. The fourth-order valence-corrected chi connectivity index (χ4v) is 2.59. The summed E-state index contributed by atoms with van der Waals surface area (Å²) in [6, 6.07) is 20.2. The highest BCUT2D eigenvalue weighted by atomic mass is 16.2. The Balaban J connectivity index is 1.69. The van der Waals surface area contributed by atoms with Crippen LogP contribution in [0.2, 0.25) is 0 Å². The molecule has 3 aromatic rings. The molecule has 1 aliphatic carbocycles. The van der Waals surface area contributed by atoms with E-state index >= 15 is 0 Å². The van der Waals surface area contributed by atoms with Crippen LogP contribution in [0.5, 0.6) is 0 Å². The Bertz CT molecular complexity index is 838. The van der Waals surface area contributed by atoms with Gasteiger partial charge < -0.3 is 5.32 Å². The molecule has 1 aromatic heterocycles. The lowest BCUT2D eigenvalue weighted by Gasteiger charge is -2.05. The first kappa shape index (κ1) is 14.6. The lowest BCUT2D eigenvalue weighted by molar-refractivity contribution is 0.0940. The molecule has 1 amide bonds. The second-order valence-corrected chi connectivity index (χ2v) is 6.01. The highest BCUT2D eigenvalue weighted by Gasteiger charge is 2.26. The van der Waals surface area contributed by atoms with Crippen molar-refractivity contribution in [3.8, 4) is 5.69 Å². The zero-order valence-electron chi connectivity index (χ0n) is 13.2. The van der Waals surface area contributed by atoms with Crippen molar-refractivity contribution < 1.29 is 4.79 Å². The summed E-state index contributed by atoms with van der Waals surface area (Å²) in [5.41, 5.74) is 2.04. The van der Waals surface area contributed by atoms with Crippen molar-refractivity contribution in [2.24, 2.45) is 0 Å². The summed E-state index contributed by atoms with van der Waals surface area (Å²) in [5.74, 6) is 0.798. The number of benzene rings is 2. The summed E-state index contributed by atoms with van der Waals surface area (Å²) >= 11 is 0. The third kappa shape index (κ3) is 3.20. The molecular formula is C19H18N4O. The number of aromatic nitrogens is 3. The van der Waals surface area contributed by atoms with E-state index in [1.807, 2.05) is 60.7 Å². The molecular weight excluding hydrogens is 300 g/mol. The van der Waals surface area contributed by atoms with E-state index < -0.39 is 0 Å². The molecule has 1 fully saturated rings. The lowest BCUT2D eigenvalue weighted by Crippen LogP contribution is -2.26. The third-order valence-electron chi connectivity index (χ3n) is 4.00. The quantitative estimate of drug-likeness (QED) is 0.787. The van der Waals surface area contributed by atoms with E-state index in [1.165, 1.54) is 0 Å². The third-order valence-corrected chi connectivity index (χ3v) is 4.00. The van der Waals surface area contributed by atoms with Gasteiger partial charge in [0.25, 0.3) is 5.91 Å². The van der Waals surface area contributed by atoms with Crippen molar-refractivity contribution in [1.29, 1.82) is 0 Å². The van der Waals surface area contributed by atoms with Crippen molar-refractivity contribution in [3.05, 3.63) is 77.9 Å². The van der Waals surface area contributed by atoms with Crippen LogP contribution in [-0.4, -0.2) is 26.7 Å². The molecule has 0 aliphatic heterocycles. The van der Waals surface area contributed by atoms with Gasteiger partial charge in [0.1, 0.15) is 5.82 Å². The molecule has 0 unspecified atom stereocenters. The Hall–Kier alpha value is -2.95. The monoisotopic (exact) mass is 318 g/mol. The minimum absolute atomic E-state index is 0.193. The summed E-state index contributed by atoms with van der Waals surface area (Å²) in [6.45, 7) is 0. The number of para-hydroxylation sites is 1. The molecule has 0 radical (unpaired) electrons. The van der Waals surface area contributed by atoms with E-state index in [0.717, 1.165) is 29.9 Å². The van der Waals surface area contributed by atoms with Crippen LogP contribution in [0.15, 0.2) is 60.7 Å². The fourth-order valence-electron chi connectivity index (χ4n) is 2.59. The molecule has 0 spiro atoms. The molecule has 1 heterocycles. The van der Waals surface area contributed by atoms with Crippen LogP contribution in [0.1, 0.15) is 34.8 Å². The maximum Gasteiger partial charge on any atom is 0.291 e. The first-order chi connectivity index (χ1) is 11.8. The van der Waals surface area contributed by atoms with Gasteiger partial charge in [0.2, 0.25) is 5.82 Å². The fraction of sp³-hybridized carbons (Fsp3) is 0.211. The molecule has 0 bridgehead atoms. The zero-order valence-corrected chi connectivity index (χ0v) is 13.2. The van der Waals surface area contributed by atoms with Crippen LogP contribution < -0.4 is 5.32 Å². The smallest absolute Gasteiger partial charge is 0.291 e. The first-order valence-electron chi connectivity index (χ1n) is 8.16. The average molecular weight is 318 g/mol. The van der Waals surface area contributed by atoms with Gasteiger partial charge >= 0.3 is 0 Å². The Morgan fingerprint density at radius 3 is 2.38 bits per heavy atom. The number of carbonyl (C=O) groups excluding carboxylic acids is 1. The van der Waals surface area contributed by atoms with E-state index in [2.05, 4.69) is 15.4 Å². The number of rotatable bonds is 5. The second-order valence-electron chi connectivity index (χ2n) is 6.01. The number of hydrogen-bond donors (Lipinski definition) is 1. The van der Waals surface area contributed by atoms with Crippen LogP contribution in [0, 0.1) is 0 Å². The predicted molar refractivity (Wildman–Crippen MR) is 91.1 cm³/mol. The Kier molecular flexibility index (Phi) is 3.83. The van der Waals surface area contributed by atoms with Crippen LogP contribution >= 0.6 is 0 Å². The molecule has 1 aliphatic rings. The summed E-state index contributed by atoms with van der Waals surface area (Å²) in [6.07, 6.45) is 2.71. The molecule has 0 saturated heterocycles. The van der Waals surface area contributed by atoms with E-state index in [1.54, 1.807) is 4.68 Å². The molecule has 5 heteroatoms. The number of nitrogens with one attached hydrogen (secondary N) is 1. The number of carbonyl (C=O) groups is 1. The normalized spacial score (nSPS) is 13.7. The number of nitrogens with zero attached hydrogens (tertiary/aromatic N) is 3. The van der Waals surface area contributed by atoms with Gasteiger partial charge in [-0.25, -0.2) is 9.67 Å². The van der Waals surface area contributed by atoms with Crippen LogP contribution in [0.3, 0.4) is 0 Å². The topological polar surface area (TPSA) is 59.8 Å². The van der Waals surface area contributed by atoms with Crippen molar-refractivity contribution in [1.82, 2.24) is 20.1 Å². The predicted octanol–water partition coefficient (Wildman–Crippen LogP) is 2.75. The maximum atomic E-state index is 12.3. The van der Waals surface area contributed by atoms with Crippen molar-refractivity contribution >= 4 is 5.91 Å². The van der Waals surface area contributed by atoms with Crippen LogP contribution in [0.4, 0.5) is 0 Å². The molecule has 5 nitrogen and oxygen atoms in total. The summed E-state index contributed by atoms with van der Waals surface area (Å²) < 4.78 is 1.76. The molecule has 120 valence electrons. The summed E-state index contributed by atoms with van der Waals surface area (Å²) in [5, 5.41) is 7.40. The highest BCUT2D eigenvalue weighted by molar-refractivity contribution is 5.90. The zero-order chi connectivity index (χ0) is 16.4. The average Bonchev–Trinajstić information content (AvgIpc) is 3.34. The second kappa shape index (κ2) is 6.28. The minimum atomic E-state index is -0.193. The molecule has 1 N–H and O–H groups in total. The highest BCUT2D eigenvalue weighted by Crippen LogP contribution is 2.19. The van der Waals surface area contributed by atoms with Gasteiger partial charge in [-0.2, -0.15) is 0 Å².